The van der Waals surface area contributed by atoms with E-state index in [0.717, 1.165) is 25.2 Å². The molecule has 1 saturated heterocycles. The Morgan fingerprint density at radius 3 is 3.00 bits per heavy atom. The van der Waals surface area contributed by atoms with Crippen LogP contribution in [-0.2, 0) is 16.0 Å². The number of carbonyl (C=O) groups excluding carboxylic acids is 1. The first-order valence-corrected chi connectivity index (χ1v) is 8.05. The second kappa shape index (κ2) is 8.25. The third kappa shape index (κ3) is 5.07. The Kier molecular flexibility index (Phi) is 6.34. The van der Waals surface area contributed by atoms with E-state index in [9.17, 15) is 4.79 Å². The maximum Gasteiger partial charge on any atom is 0.224 e. The lowest BCUT2D eigenvalue weighted by Gasteiger charge is -2.35. The van der Waals surface area contributed by atoms with Gasteiger partial charge in [-0.15, -0.1) is 0 Å². The molecule has 0 bridgehead atoms. The molecule has 1 aromatic heterocycles. The molecule has 22 heavy (non-hydrogen) atoms. The lowest BCUT2D eigenvalue weighted by atomic mass is 10.1. The van der Waals surface area contributed by atoms with Crippen LogP contribution in [0.15, 0.2) is 24.4 Å². The van der Waals surface area contributed by atoms with Gasteiger partial charge in [0.1, 0.15) is 0 Å². The molecule has 5 nitrogen and oxygen atoms in total. The van der Waals surface area contributed by atoms with Crippen LogP contribution in [0.5, 0.6) is 0 Å². The number of morpholine rings is 1. The van der Waals surface area contributed by atoms with Crippen LogP contribution in [0.3, 0.4) is 0 Å². The molecule has 1 aliphatic rings. The van der Waals surface area contributed by atoms with Crippen molar-refractivity contribution in [1.29, 1.82) is 0 Å². The highest BCUT2D eigenvalue weighted by Gasteiger charge is 2.25. The summed E-state index contributed by atoms with van der Waals surface area (Å²) < 4.78 is 5.74. The van der Waals surface area contributed by atoms with Crippen LogP contribution in [-0.4, -0.2) is 66.1 Å². The largest absolute Gasteiger partial charge is 0.375 e. The van der Waals surface area contributed by atoms with Gasteiger partial charge >= 0.3 is 0 Å². The number of ether oxygens (including phenoxy) is 1. The standard InChI is InChI=1S/C17H27N3O2/c1-14(2)20-10-11-22-16(13-20)12-17(21)19(3)9-7-15-6-4-5-8-18-15/h4-6,8,14,16H,7,9-13H2,1-3H3/t16-/m0/s1. The molecule has 1 amide bonds. The van der Waals surface area contributed by atoms with Gasteiger partial charge in [0.15, 0.2) is 0 Å². The van der Waals surface area contributed by atoms with Crippen molar-refractivity contribution in [1.82, 2.24) is 14.8 Å². The molecule has 0 spiro atoms. The van der Waals surface area contributed by atoms with Crippen molar-refractivity contribution >= 4 is 5.91 Å². The van der Waals surface area contributed by atoms with Crippen LogP contribution in [0.25, 0.3) is 0 Å². The van der Waals surface area contributed by atoms with Gasteiger partial charge in [-0.25, -0.2) is 0 Å². The lowest BCUT2D eigenvalue weighted by Crippen LogP contribution is -2.47. The monoisotopic (exact) mass is 305 g/mol. The average molecular weight is 305 g/mol. The summed E-state index contributed by atoms with van der Waals surface area (Å²) in [6.45, 7) is 7.58. The molecule has 0 unspecified atom stereocenters. The van der Waals surface area contributed by atoms with Crippen LogP contribution in [0.1, 0.15) is 26.0 Å². The molecule has 0 aliphatic carbocycles. The predicted molar refractivity (Wildman–Crippen MR) is 86.6 cm³/mol. The molecule has 0 aromatic carbocycles. The summed E-state index contributed by atoms with van der Waals surface area (Å²) in [6.07, 6.45) is 3.04. The van der Waals surface area contributed by atoms with Gasteiger partial charge in [0.25, 0.3) is 0 Å². The summed E-state index contributed by atoms with van der Waals surface area (Å²) in [5.41, 5.74) is 1.02. The van der Waals surface area contributed by atoms with Crippen molar-refractivity contribution in [2.75, 3.05) is 33.3 Å². The summed E-state index contributed by atoms with van der Waals surface area (Å²) in [6, 6.07) is 6.37. The van der Waals surface area contributed by atoms with Crippen LogP contribution in [0.4, 0.5) is 0 Å². The zero-order chi connectivity index (χ0) is 15.9. The fourth-order valence-electron chi connectivity index (χ4n) is 2.64. The minimum Gasteiger partial charge on any atom is -0.375 e. The smallest absolute Gasteiger partial charge is 0.224 e. The molecule has 2 rings (SSSR count). The van der Waals surface area contributed by atoms with E-state index in [-0.39, 0.29) is 12.0 Å². The Morgan fingerprint density at radius 2 is 2.32 bits per heavy atom. The maximum atomic E-state index is 12.3. The fourth-order valence-corrected chi connectivity index (χ4v) is 2.64. The van der Waals surface area contributed by atoms with Gasteiger partial charge in [-0.2, -0.15) is 0 Å². The van der Waals surface area contributed by atoms with Gasteiger partial charge < -0.3 is 9.64 Å². The molecule has 1 aromatic rings. The average Bonchev–Trinajstić information content (AvgIpc) is 2.53. The van der Waals surface area contributed by atoms with E-state index in [1.165, 1.54) is 0 Å². The summed E-state index contributed by atoms with van der Waals surface area (Å²) in [7, 11) is 1.86. The quantitative estimate of drug-likeness (QED) is 0.800. The number of rotatable bonds is 6. The van der Waals surface area contributed by atoms with Crippen LogP contribution in [0, 0.1) is 0 Å². The third-order valence-corrected chi connectivity index (χ3v) is 4.16. The van der Waals surface area contributed by atoms with Crippen molar-refractivity contribution in [3.05, 3.63) is 30.1 Å². The first kappa shape index (κ1) is 16.9. The SMILES string of the molecule is CC(C)N1CCO[C@@H](CC(=O)N(C)CCc2ccccn2)C1. The zero-order valence-corrected chi connectivity index (χ0v) is 13.9. The topological polar surface area (TPSA) is 45.7 Å². The number of aromatic nitrogens is 1. The summed E-state index contributed by atoms with van der Waals surface area (Å²) in [5.74, 6) is 0.145. The van der Waals surface area contributed by atoms with E-state index in [0.29, 0.717) is 25.6 Å². The van der Waals surface area contributed by atoms with Crippen LogP contribution >= 0.6 is 0 Å². The van der Waals surface area contributed by atoms with Crippen molar-refractivity contribution in [3.63, 3.8) is 0 Å². The molecule has 2 heterocycles. The first-order valence-electron chi connectivity index (χ1n) is 8.05. The molecular weight excluding hydrogens is 278 g/mol. The van der Waals surface area contributed by atoms with E-state index in [1.54, 1.807) is 11.1 Å². The van der Waals surface area contributed by atoms with Crippen LogP contribution in [0.2, 0.25) is 0 Å². The Morgan fingerprint density at radius 1 is 1.50 bits per heavy atom. The molecule has 122 valence electrons. The summed E-state index contributed by atoms with van der Waals surface area (Å²) in [4.78, 5) is 20.8. The molecule has 0 N–H and O–H groups in total. The number of carbonyl (C=O) groups is 1. The highest BCUT2D eigenvalue weighted by atomic mass is 16.5. The third-order valence-electron chi connectivity index (χ3n) is 4.16. The highest BCUT2D eigenvalue weighted by Crippen LogP contribution is 2.12. The number of hydrogen-bond acceptors (Lipinski definition) is 4. The van der Waals surface area contributed by atoms with Crippen molar-refractivity contribution < 1.29 is 9.53 Å². The predicted octanol–water partition coefficient (Wildman–Crippen LogP) is 1.58. The molecule has 1 atom stereocenters. The highest BCUT2D eigenvalue weighted by molar-refractivity contribution is 5.76. The molecule has 0 saturated carbocycles. The molecule has 1 fully saturated rings. The van der Waals surface area contributed by atoms with E-state index in [2.05, 4.69) is 23.7 Å². The van der Waals surface area contributed by atoms with E-state index in [4.69, 9.17) is 4.74 Å². The fraction of sp³-hybridized carbons (Fsp3) is 0.647. The van der Waals surface area contributed by atoms with Crippen molar-refractivity contribution in [3.8, 4) is 0 Å². The summed E-state index contributed by atoms with van der Waals surface area (Å²) >= 11 is 0. The van der Waals surface area contributed by atoms with Gasteiger partial charge in [0, 0.05) is 51.0 Å². The maximum absolute atomic E-state index is 12.3. The Hall–Kier alpha value is -1.46. The van der Waals surface area contributed by atoms with Crippen molar-refractivity contribution in [2.24, 2.45) is 0 Å². The number of amides is 1. The summed E-state index contributed by atoms with van der Waals surface area (Å²) in [5, 5.41) is 0. The number of likely N-dealkylation sites (N-methyl/N-ethyl adjacent to an activating group) is 1. The van der Waals surface area contributed by atoms with Crippen LogP contribution < -0.4 is 0 Å². The minimum atomic E-state index is 0.0148. The second-order valence-electron chi connectivity index (χ2n) is 6.17. The van der Waals surface area contributed by atoms with Gasteiger partial charge in [-0.3, -0.25) is 14.7 Å². The normalized spacial score (nSPS) is 19.4. The van der Waals surface area contributed by atoms with E-state index >= 15 is 0 Å². The molecule has 5 heteroatoms. The number of nitrogens with zero attached hydrogens (tertiary/aromatic N) is 3. The van der Waals surface area contributed by atoms with E-state index < -0.39 is 0 Å². The molecule has 0 radical (unpaired) electrons. The number of pyridine rings is 1. The Balaban J connectivity index is 1.76. The van der Waals surface area contributed by atoms with Gasteiger partial charge in [0.05, 0.1) is 19.1 Å². The van der Waals surface area contributed by atoms with Gasteiger partial charge in [-0.05, 0) is 26.0 Å². The Labute approximate surface area is 133 Å². The molecular formula is C17H27N3O2. The second-order valence-corrected chi connectivity index (χ2v) is 6.17. The molecule has 1 aliphatic heterocycles. The Bertz CT molecular complexity index is 464. The van der Waals surface area contributed by atoms with E-state index in [1.807, 2.05) is 25.2 Å². The van der Waals surface area contributed by atoms with Gasteiger partial charge in [-0.1, -0.05) is 6.07 Å². The van der Waals surface area contributed by atoms with Gasteiger partial charge in [0.2, 0.25) is 5.91 Å². The minimum absolute atomic E-state index is 0.0148. The zero-order valence-electron chi connectivity index (χ0n) is 13.9. The first-order chi connectivity index (χ1) is 10.6. The lowest BCUT2D eigenvalue weighted by molar-refractivity contribution is -0.135. The van der Waals surface area contributed by atoms with Crippen molar-refractivity contribution in [2.45, 2.75) is 38.8 Å². The number of hydrogen-bond donors (Lipinski definition) is 0.